The summed E-state index contributed by atoms with van der Waals surface area (Å²) in [5, 5.41) is 11.4. The number of ketones is 2. The lowest BCUT2D eigenvalue weighted by molar-refractivity contribution is -0.133. The van der Waals surface area contributed by atoms with Gasteiger partial charge in [-0.25, -0.2) is 9.59 Å². The minimum absolute atomic E-state index is 0.0417. The first kappa shape index (κ1) is 37.2. The third kappa shape index (κ3) is 15.3. The van der Waals surface area contributed by atoms with Crippen LogP contribution >= 0.6 is 0 Å². The average molecular weight is 603 g/mol. The average Bonchev–Trinajstić information content (AvgIpc) is 3.30. The SMILES string of the molecule is CC(=O)[C@@H](O)CNC(=O)OCc1ccccc1.CC(=O)[C@@H]1CN(C(=O)OCc2ccccc2)C(C)(C)O1.COC(C)(C)C. The van der Waals surface area contributed by atoms with Gasteiger partial charge in [-0.15, -0.1) is 0 Å². The lowest BCUT2D eigenvalue weighted by Gasteiger charge is -2.28. The van der Waals surface area contributed by atoms with Crippen LogP contribution in [-0.2, 0) is 41.8 Å². The van der Waals surface area contributed by atoms with Gasteiger partial charge in [0.15, 0.2) is 11.6 Å². The second kappa shape index (κ2) is 18.0. The first-order valence-corrected chi connectivity index (χ1v) is 13.9. The van der Waals surface area contributed by atoms with Crippen molar-refractivity contribution in [3.05, 3.63) is 71.8 Å². The van der Waals surface area contributed by atoms with Gasteiger partial charge in [0, 0.05) is 7.11 Å². The number of carbonyl (C=O) groups excluding carboxylic acids is 4. The number of aliphatic hydroxyl groups is 1. The van der Waals surface area contributed by atoms with Crippen molar-refractivity contribution in [2.24, 2.45) is 0 Å². The first-order valence-electron chi connectivity index (χ1n) is 13.9. The lowest BCUT2D eigenvalue weighted by atomic mass is 10.2. The largest absolute Gasteiger partial charge is 0.445 e. The fourth-order valence-electron chi connectivity index (χ4n) is 3.24. The molecule has 0 bridgehead atoms. The Labute approximate surface area is 254 Å². The van der Waals surface area contributed by atoms with E-state index >= 15 is 0 Å². The minimum Gasteiger partial charge on any atom is -0.445 e. The van der Waals surface area contributed by atoms with E-state index in [9.17, 15) is 19.2 Å². The number of hydrogen-bond donors (Lipinski definition) is 2. The Morgan fingerprint density at radius 2 is 1.42 bits per heavy atom. The van der Waals surface area contributed by atoms with Crippen LogP contribution in [0.4, 0.5) is 9.59 Å². The monoisotopic (exact) mass is 602 g/mol. The van der Waals surface area contributed by atoms with E-state index in [2.05, 4.69) is 5.32 Å². The molecule has 1 heterocycles. The smallest absolute Gasteiger partial charge is 0.412 e. The Balaban J connectivity index is 0.000000366. The molecule has 0 saturated carbocycles. The molecular weight excluding hydrogens is 556 g/mol. The van der Waals surface area contributed by atoms with Crippen molar-refractivity contribution in [3.63, 3.8) is 0 Å². The molecule has 2 amide bonds. The maximum Gasteiger partial charge on any atom is 0.412 e. The fraction of sp³-hybridized carbons (Fsp3) is 0.500. The van der Waals surface area contributed by atoms with Gasteiger partial charge in [-0.05, 0) is 59.6 Å². The van der Waals surface area contributed by atoms with Gasteiger partial charge in [-0.2, -0.15) is 0 Å². The summed E-state index contributed by atoms with van der Waals surface area (Å²) >= 11 is 0. The number of rotatable bonds is 8. The van der Waals surface area contributed by atoms with Crippen molar-refractivity contribution in [1.82, 2.24) is 10.2 Å². The predicted octanol–water partition coefficient (Wildman–Crippen LogP) is 4.64. The first-order chi connectivity index (χ1) is 20.1. The zero-order valence-electron chi connectivity index (χ0n) is 26.4. The molecule has 0 spiro atoms. The molecule has 0 aromatic heterocycles. The van der Waals surface area contributed by atoms with Gasteiger partial charge in [0.25, 0.3) is 0 Å². The number of ether oxygens (including phenoxy) is 4. The lowest BCUT2D eigenvalue weighted by Crippen LogP contribution is -2.43. The molecule has 2 N–H and O–H groups in total. The Kier molecular flexibility index (Phi) is 15.6. The van der Waals surface area contributed by atoms with Crippen LogP contribution < -0.4 is 5.32 Å². The molecule has 0 radical (unpaired) electrons. The molecule has 0 aliphatic carbocycles. The van der Waals surface area contributed by atoms with Crippen molar-refractivity contribution >= 4 is 23.8 Å². The van der Waals surface area contributed by atoms with Crippen LogP contribution in [-0.4, -0.2) is 77.5 Å². The highest BCUT2D eigenvalue weighted by molar-refractivity contribution is 5.82. The second-order valence-corrected chi connectivity index (χ2v) is 11.2. The standard InChI is InChI=1S/C15H19NO4.C12H15NO4.C5H12O/c1-11(17)13-9-16(15(2,3)20-13)14(18)19-10-12-7-5-4-6-8-12;1-9(14)11(15)7-13-12(16)17-8-10-5-3-2-4-6-10;1-5(2,3)6-4/h4-8,13H,9-10H2,1-3H3;2-6,11,15H,7-8H2,1H3,(H,13,16);1-4H3/t13-;11-;/m00./s1. The van der Waals surface area contributed by atoms with Gasteiger partial charge >= 0.3 is 12.2 Å². The van der Waals surface area contributed by atoms with Gasteiger partial charge in [0.2, 0.25) is 0 Å². The van der Waals surface area contributed by atoms with Crippen LogP contribution in [0.1, 0.15) is 59.6 Å². The van der Waals surface area contributed by atoms with E-state index in [4.69, 9.17) is 24.1 Å². The van der Waals surface area contributed by atoms with E-state index in [1.54, 1.807) is 21.0 Å². The molecule has 0 unspecified atom stereocenters. The van der Waals surface area contributed by atoms with E-state index in [1.807, 2.05) is 81.4 Å². The molecule has 1 saturated heterocycles. The second-order valence-electron chi connectivity index (χ2n) is 11.2. The van der Waals surface area contributed by atoms with Gasteiger partial charge in [-0.3, -0.25) is 14.5 Å². The highest BCUT2D eigenvalue weighted by Gasteiger charge is 2.44. The number of aliphatic hydroxyl groups excluding tert-OH is 1. The molecule has 238 valence electrons. The van der Waals surface area contributed by atoms with E-state index in [0.29, 0.717) is 0 Å². The predicted molar refractivity (Wildman–Crippen MR) is 161 cm³/mol. The number of carbonyl (C=O) groups is 4. The van der Waals surface area contributed by atoms with Crippen LogP contribution in [0.15, 0.2) is 60.7 Å². The third-order valence-electron chi connectivity index (χ3n) is 6.04. The van der Waals surface area contributed by atoms with Crippen LogP contribution in [0, 0.1) is 0 Å². The van der Waals surface area contributed by atoms with Gasteiger partial charge in [0.05, 0.1) is 18.7 Å². The van der Waals surface area contributed by atoms with Crippen LogP contribution in [0.3, 0.4) is 0 Å². The summed E-state index contributed by atoms with van der Waals surface area (Å²) in [6, 6.07) is 18.7. The van der Waals surface area contributed by atoms with Crippen molar-refractivity contribution < 1.29 is 43.2 Å². The number of amides is 2. The summed E-state index contributed by atoms with van der Waals surface area (Å²) in [5.74, 6) is -0.482. The molecule has 43 heavy (non-hydrogen) atoms. The number of nitrogens with zero attached hydrogens (tertiary/aromatic N) is 1. The summed E-state index contributed by atoms with van der Waals surface area (Å²) in [6.07, 6.45) is -2.88. The van der Waals surface area contributed by atoms with E-state index in [1.165, 1.54) is 18.7 Å². The van der Waals surface area contributed by atoms with Crippen LogP contribution in [0.25, 0.3) is 0 Å². The normalized spacial score (nSPS) is 15.9. The number of alkyl carbamates (subject to hydrolysis) is 1. The van der Waals surface area contributed by atoms with Crippen molar-refractivity contribution in [1.29, 1.82) is 0 Å². The maximum atomic E-state index is 12.1. The quantitative estimate of drug-likeness (QED) is 0.442. The molecule has 11 nitrogen and oxygen atoms in total. The van der Waals surface area contributed by atoms with E-state index < -0.39 is 35.9 Å². The molecule has 1 aliphatic heterocycles. The molecule has 11 heteroatoms. The maximum absolute atomic E-state index is 12.1. The van der Waals surface area contributed by atoms with E-state index in [0.717, 1.165) is 11.1 Å². The molecule has 1 fully saturated rings. The summed E-state index contributed by atoms with van der Waals surface area (Å²) < 4.78 is 20.7. The number of benzene rings is 2. The van der Waals surface area contributed by atoms with E-state index in [-0.39, 0.29) is 37.7 Å². The van der Waals surface area contributed by atoms with Crippen LogP contribution in [0.5, 0.6) is 0 Å². The van der Waals surface area contributed by atoms with Gasteiger partial charge in [-0.1, -0.05) is 60.7 Å². The summed E-state index contributed by atoms with van der Waals surface area (Å²) in [7, 11) is 1.71. The Bertz CT molecular complexity index is 1150. The molecular formula is C32H46N2O9. The summed E-state index contributed by atoms with van der Waals surface area (Å²) in [6.45, 7) is 12.7. The van der Waals surface area contributed by atoms with Gasteiger partial charge in [0.1, 0.15) is 31.1 Å². The van der Waals surface area contributed by atoms with Crippen molar-refractivity contribution in [2.45, 2.75) is 85.2 Å². The molecule has 2 aromatic rings. The Hall–Kier alpha value is -3.80. The van der Waals surface area contributed by atoms with Crippen LogP contribution in [0.2, 0.25) is 0 Å². The number of Topliss-reactive ketones (excluding diaryl/α,β-unsaturated/α-hetero) is 2. The number of hydrogen-bond acceptors (Lipinski definition) is 9. The summed E-state index contributed by atoms with van der Waals surface area (Å²) in [5.41, 5.74) is 1.00. The highest BCUT2D eigenvalue weighted by Crippen LogP contribution is 2.28. The molecule has 1 aliphatic rings. The molecule has 2 aromatic carbocycles. The Morgan fingerprint density at radius 3 is 1.81 bits per heavy atom. The Morgan fingerprint density at radius 1 is 0.953 bits per heavy atom. The summed E-state index contributed by atoms with van der Waals surface area (Å²) in [4.78, 5) is 46.8. The zero-order valence-corrected chi connectivity index (χ0v) is 26.4. The van der Waals surface area contributed by atoms with Gasteiger partial charge < -0.3 is 29.4 Å². The fourth-order valence-corrected chi connectivity index (χ4v) is 3.24. The number of methoxy groups -OCH3 is 1. The number of nitrogens with one attached hydrogen (secondary N) is 1. The van der Waals surface area contributed by atoms with Crippen molar-refractivity contribution in [3.8, 4) is 0 Å². The molecule has 2 atom stereocenters. The zero-order chi connectivity index (χ0) is 32.6. The third-order valence-corrected chi connectivity index (χ3v) is 6.04. The topological polar surface area (TPSA) is 141 Å². The van der Waals surface area contributed by atoms with Crippen molar-refractivity contribution in [2.75, 3.05) is 20.2 Å². The minimum atomic E-state index is -1.18. The molecule has 3 rings (SSSR count). The highest BCUT2D eigenvalue weighted by atomic mass is 16.6.